The maximum absolute atomic E-state index is 12.4. The molecule has 0 spiro atoms. The Labute approximate surface area is 136 Å². The number of nitrogens with one attached hydrogen (secondary N) is 1. The van der Waals surface area contributed by atoms with Crippen LogP contribution in [0.5, 0.6) is 11.5 Å². The quantitative estimate of drug-likeness (QED) is 0.876. The average Bonchev–Trinajstić information content (AvgIpc) is 3.21. The second kappa shape index (κ2) is 6.07. The van der Waals surface area contributed by atoms with Crippen LogP contribution in [-0.4, -0.2) is 5.91 Å². The van der Waals surface area contributed by atoms with E-state index in [1.807, 2.05) is 54.6 Å². The van der Waals surface area contributed by atoms with E-state index in [2.05, 4.69) is 5.32 Å². The Morgan fingerprint density at radius 2 is 1.65 bits per heavy atom. The molecular formula is C20H21NO2. The normalized spacial score (nSPS) is 25.3. The molecule has 118 valence electrons. The second-order valence-corrected chi connectivity index (χ2v) is 6.71. The van der Waals surface area contributed by atoms with Gasteiger partial charge < -0.3 is 10.1 Å². The third-order valence-corrected chi connectivity index (χ3v) is 5.18. The lowest BCUT2D eigenvalue weighted by atomic mass is 9.88. The van der Waals surface area contributed by atoms with Crippen LogP contribution in [0.25, 0.3) is 0 Å². The van der Waals surface area contributed by atoms with Gasteiger partial charge in [0.2, 0.25) is 5.91 Å². The molecule has 3 heteroatoms. The molecule has 2 aliphatic rings. The maximum Gasteiger partial charge on any atom is 0.227 e. The second-order valence-electron chi connectivity index (χ2n) is 6.71. The number of fused-ring (bicyclic) bond motifs is 2. The minimum Gasteiger partial charge on any atom is -0.457 e. The number of anilines is 1. The first-order chi connectivity index (χ1) is 11.3. The lowest BCUT2D eigenvalue weighted by Gasteiger charge is -2.20. The minimum absolute atomic E-state index is 0.189. The predicted molar refractivity (Wildman–Crippen MR) is 90.5 cm³/mol. The van der Waals surface area contributed by atoms with Crippen molar-refractivity contribution in [2.75, 3.05) is 5.32 Å². The van der Waals surface area contributed by atoms with E-state index >= 15 is 0 Å². The van der Waals surface area contributed by atoms with Crippen molar-refractivity contribution in [1.82, 2.24) is 0 Å². The first-order valence-corrected chi connectivity index (χ1v) is 8.42. The van der Waals surface area contributed by atoms with Crippen LogP contribution in [-0.2, 0) is 4.79 Å². The Kier molecular flexibility index (Phi) is 3.78. The topological polar surface area (TPSA) is 38.3 Å². The van der Waals surface area contributed by atoms with E-state index in [-0.39, 0.29) is 11.8 Å². The summed E-state index contributed by atoms with van der Waals surface area (Å²) in [6.07, 6.45) is 4.88. The molecule has 2 aromatic carbocycles. The average molecular weight is 307 g/mol. The zero-order chi connectivity index (χ0) is 15.6. The number of hydrogen-bond acceptors (Lipinski definition) is 2. The Morgan fingerprint density at radius 1 is 0.913 bits per heavy atom. The van der Waals surface area contributed by atoms with Crippen LogP contribution in [0.15, 0.2) is 54.6 Å². The fourth-order valence-electron chi connectivity index (χ4n) is 4.03. The van der Waals surface area contributed by atoms with E-state index in [9.17, 15) is 4.79 Å². The van der Waals surface area contributed by atoms with E-state index in [1.165, 1.54) is 19.3 Å². The number of carbonyl (C=O) groups excluding carboxylic acids is 1. The largest absolute Gasteiger partial charge is 0.457 e. The monoisotopic (exact) mass is 307 g/mol. The molecule has 4 rings (SSSR count). The molecule has 0 aromatic heterocycles. The maximum atomic E-state index is 12.4. The molecule has 1 amide bonds. The predicted octanol–water partition coefficient (Wildman–Crippen LogP) is 4.85. The molecule has 2 aromatic rings. The highest BCUT2D eigenvalue weighted by Gasteiger charge is 2.42. The highest BCUT2D eigenvalue weighted by atomic mass is 16.5. The first kappa shape index (κ1) is 14.3. The van der Waals surface area contributed by atoms with Crippen molar-refractivity contribution in [2.45, 2.75) is 25.7 Å². The summed E-state index contributed by atoms with van der Waals surface area (Å²) in [5, 5.41) is 3.07. The first-order valence-electron chi connectivity index (χ1n) is 8.42. The molecule has 2 fully saturated rings. The molecule has 3 atom stereocenters. The molecule has 2 bridgehead atoms. The summed E-state index contributed by atoms with van der Waals surface area (Å²) >= 11 is 0. The lowest BCUT2D eigenvalue weighted by molar-refractivity contribution is -0.121. The van der Waals surface area contributed by atoms with Crippen molar-refractivity contribution in [1.29, 1.82) is 0 Å². The van der Waals surface area contributed by atoms with Crippen molar-refractivity contribution in [2.24, 2.45) is 17.8 Å². The summed E-state index contributed by atoms with van der Waals surface area (Å²) < 4.78 is 5.77. The van der Waals surface area contributed by atoms with Gasteiger partial charge in [0.25, 0.3) is 0 Å². The van der Waals surface area contributed by atoms with Gasteiger partial charge in [0.15, 0.2) is 0 Å². The summed E-state index contributed by atoms with van der Waals surface area (Å²) in [5.74, 6) is 3.39. The molecular weight excluding hydrogens is 286 g/mol. The minimum atomic E-state index is 0.189. The number of carbonyl (C=O) groups is 1. The Hall–Kier alpha value is -2.29. The Balaban J connectivity index is 1.37. The zero-order valence-corrected chi connectivity index (χ0v) is 13.1. The van der Waals surface area contributed by atoms with Gasteiger partial charge in [0.1, 0.15) is 11.5 Å². The van der Waals surface area contributed by atoms with Gasteiger partial charge in [0.05, 0.1) is 0 Å². The standard InChI is InChI=1S/C20H21NO2/c22-20(19-13-14-6-7-15(19)12-14)21-16-8-10-18(11-9-16)23-17-4-2-1-3-5-17/h1-5,8-11,14-15,19H,6-7,12-13H2,(H,21,22)/t14-,15-,19+/m1/s1. The fourth-order valence-corrected chi connectivity index (χ4v) is 4.03. The number of benzene rings is 2. The van der Waals surface area contributed by atoms with Crippen LogP contribution in [0.4, 0.5) is 5.69 Å². The molecule has 23 heavy (non-hydrogen) atoms. The van der Waals surface area contributed by atoms with E-state index < -0.39 is 0 Å². The van der Waals surface area contributed by atoms with Crippen LogP contribution in [0.2, 0.25) is 0 Å². The SMILES string of the molecule is O=C(Nc1ccc(Oc2ccccc2)cc1)[C@H]1C[C@@H]2CC[C@@H]1C2. The van der Waals surface area contributed by atoms with Gasteiger partial charge in [-0.25, -0.2) is 0 Å². The number of rotatable bonds is 4. The van der Waals surface area contributed by atoms with E-state index in [0.717, 1.165) is 29.5 Å². The van der Waals surface area contributed by atoms with Gasteiger partial charge in [-0.2, -0.15) is 0 Å². The van der Waals surface area contributed by atoms with Crippen LogP contribution >= 0.6 is 0 Å². The molecule has 2 aliphatic carbocycles. The van der Waals surface area contributed by atoms with E-state index in [0.29, 0.717) is 5.92 Å². The van der Waals surface area contributed by atoms with Crippen molar-refractivity contribution >= 4 is 11.6 Å². The van der Waals surface area contributed by atoms with Gasteiger partial charge >= 0.3 is 0 Å². The third-order valence-electron chi connectivity index (χ3n) is 5.18. The third kappa shape index (κ3) is 3.09. The molecule has 0 radical (unpaired) electrons. The van der Waals surface area contributed by atoms with Gasteiger partial charge in [-0.1, -0.05) is 24.6 Å². The van der Waals surface area contributed by atoms with Crippen LogP contribution in [0, 0.1) is 17.8 Å². The molecule has 0 unspecified atom stereocenters. The zero-order valence-electron chi connectivity index (χ0n) is 13.1. The van der Waals surface area contributed by atoms with Crippen molar-refractivity contribution < 1.29 is 9.53 Å². The van der Waals surface area contributed by atoms with Crippen LogP contribution < -0.4 is 10.1 Å². The number of amides is 1. The molecule has 3 nitrogen and oxygen atoms in total. The summed E-state index contributed by atoms with van der Waals surface area (Å²) in [7, 11) is 0. The highest BCUT2D eigenvalue weighted by Crippen LogP contribution is 2.48. The number of hydrogen-bond donors (Lipinski definition) is 1. The highest BCUT2D eigenvalue weighted by molar-refractivity contribution is 5.93. The van der Waals surface area contributed by atoms with Crippen molar-refractivity contribution in [3.05, 3.63) is 54.6 Å². The van der Waals surface area contributed by atoms with Crippen LogP contribution in [0.3, 0.4) is 0 Å². The van der Waals surface area contributed by atoms with Crippen LogP contribution in [0.1, 0.15) is 25.7 Å². The molecule has 2 saturated carbocycles. The van der Waals surface area contributed by atoms with E-state index in [4.69, 9.17) is 4.74 Å². The Morgan fingerprint density at radius 3 is 2.30 bits per heavy atom. The number of para-hydroxylation sites is 1. The number of ether oxygens (including phenoxy) is 1. The molecule has 0 aliphatic heterocycles. The summed E-state index contributed by atoms with van der Waals surface area (Å²) in [5.41, 5.74) is 0.846. The summed E-state index contributed by atoms with van der Waals surface area (Å²) in [6.45, 7) is 0. The van der Waals surface area contributed by atoms with Gasteiger partial charge in [-0.05, 0) is 67.5 Å². The van der Waals surface area contributed by atoms with Gasteiger partial charge in [-0.3, -0.25) is 4.79 Å². The van der Waals surface area contributed by atoms with E-state index in [1.54, 1.807) is 0 Å². The Bertz CT molecular complexity index is 681. The smallest absolute Gasteiger partial charge is 0.227 e. The van der Waals surface area contributed by atoms with Gasteiger partial charge in [-0.15, -0.1) is 0 Å². The fraction of sp³-hybridized carbons (Fsp3) is 0.350. The molecule has 1 N–H and O–H groups in total. The van der Waals surface area contributed by atoms with Crippen molar-refractivity contribution in [3.63, 3.8) is 0 Å². The molecule has 0 saturated heterocycles. The molecule has 0 heterocycles. The van der Waals surface area contributed by atoms with Crippen molar-refractivity contribution in [3.8, 4) is 11.5 Å². The summed E-state index contributed by atoms with van der Waals surface area (Å²) in [4.78, 5) is 12.4. The van der Waals surface area contributed by atoms with Gasteiger partial charge in [0, 0.05) is 11.6 Å². The lowest BCUT2D eigenvalue weighted by Crippen LogP contribution is -2.27. The summed E-state index contributed by atoms with van der Waals surface area (Å²) in [6, 6.07) is 17.3.